The molecule has 26 heavy (non-hydrogen) atoms. The minimum Gasteiger partial charge on any atom is -0.489 e. The molecule has 2 aromatic rings. The van der Waals surface area contributed by atoms with Crippen LogP contribution in [0, 0.1) is 23.8 Å². The summed E-state index contributed by atoms with van der Waals surface area (Å²) >= 11 is 0. The van der Waals surface area contributed by atoms with E-state index >= 15 is 0 Å². The molecule has 2 N–H and O–H groups in total. The number of ether oxygens (including phenoxy) is 1. The smallest absolute Gasteiger partial charge is 0.123 e. The van der Waals surface area contributed by atoms with Crippen LogP contribution in [-0.4, -0.2) is 0 Å². The van der Waals surface area contributed by atoms with Gasteiger partial charge < -0.3 is 10.5 Å². The Hall–Kier alpha value is -1.80. The van der Waals surface area contributed by atoms with Crippen LogP contribution in [0.3, 0.4) is 0 Å². The highest BCUT2D eigenvalue weighted by Gasteiger charge is 2.52. The summed E-state index contributed by atoms with van der Waals surface area (Å²) in [5, 5.41) is 0. The van der Waals surface area contributed by atoms with Crippen molar-refractivity contribution in [3.63, 3.8) is 0 Å². The normalized spacial score (nSPS) is 32.0. The van der Waals surface area contributed by atoms with E-state index in [1.54, 1.807) is 0 Å². The molecule has 0 atom stereocenters. The highest BCUT2D eigenvalue weighted by atomic mass is 16.5. The molecule has 2 aromatic carbocycles. The van der Waals surface area contributed by atoms with Crippen LogP contribution >= 0.6 is 0 Å². The van der Waals surface area contributed by atoms with Crippen LogP contribution in [0.2, 0.25) is 0 Å². The van der Waals surface area contributed by atoms with Crippen LogP contribution in [0.1, 0.15) is 55.2 Å². The van der Waals surface area contributed by atoms with E-state index in [0.29, 0.717) is 18.6 Å². The van der Waals surface area contributed by atoms with E-state index < -0.39 is 0 Å². The maximum Gasteiger partial charge on any atom is 0.123 e. The van der Waals surface area contributed by atoms with Gasteiger partial charge in [-0.3, -0.25) is 0 Å². The molecule has 2 heteroatoms. The lowest BCUT2D eigenvalue weighted by Gasteiger charge is -2.57. The fraction of sp³-hybridized carbons (Fsp3) is 0.500. The zero-order valence-electron chi connectivity index (χ0n) is 15.4. The molecule has 0 amide bonds. The summed E-state index contributed by atoms with van der Waals surface area (Å²) in [4.78, 5) is 0. The van der Waals surface area contributed by atoms with Crippen molar-refractivity contribution in [1.82, 2.24) is 0 Å². The van der Waals surface area contributed by atoms with Gasteiger partial charge in [0.1, 0.15) is 12.4 Å². The topological polar surface area (TPSA) is 35.2 Å². The molecule has 0 aliphatic heterocycles. The molecule has 0 spiro atoms. The van der Waals surface area contributed by atoms with Crippen LogP contribution in [0.5, 0.6) is 5.75 Å². The third-order valence-corrected chi connectivity index (χ3v) is 7.04. The molecule has 135 valence electrons. The minimum absolute atomic E-state index is 0.324. The van der Waals surface area contributed by atoms with Gasteiger partial charge in [0.05, 0.1) is 0 Å². The quantitative estimate of drug-likeness (QED) is 0.827. The van der Waals surface area contributed by atoms with Gasteiger partial charge in [-0.05, 0) is 91.0 Å². The zero-order chi connectivity index (χ0) is 17.6. The molecule has 1 radical (unpaired) electrons. The molecular weight excluding hydrogens is 318 g/mol. The van der Waals surface area contributed by atoms with Crippen LogP contribution in [0.4, 0.5) is 0 Å². The van der Waals surface area contributed by atoms with Gasteiger partial charge in [-0.25, -0.2) is 0 Å². The first-order valence-electron chi connectivity index (χ1n) is 10.2. The van der Waals surface area contributed by atoms with Gasteiger partial charge >= 0.3 is 0 Å². The Morgan fingerprint density at radius 3 is 2.27 bits per heavy atom. The molecule has 4 aliphatic carbocycles. The predicted octanol–water partition coefficient (Wildman–Crippen LogP) is 4.99. The van der Waals surface area contributed by atoms with E-state index in [1.165, 1.54) is 49.7 Å². The van der Waals surface area contributed by atoms with E-state index in [-0.39, 0.29) is 0 Å². The van der Waals surface area contributed by atoms with Crippen molar-refractivity contribution < 1.29 is 4.74 Å². The summed E-state index contributed by atoms with van der Waals surface area (Å²) in [5.74, 6) is 3.84. The largest absolute Gasteiger partial charge is 0.489 e. The average molecular weight is 346 g/mol. The van der Waals surface area contributed by atoms with Crippen molar-refractivity contribution in [1.29, 1.82) is 0 Å². The fourth-order valence-electron chi connectivity index (χ4n) is 6.34. The molecule has 6 rings (SSSR count). The van der Waals surface area contributed by atoms with Gasteiger partial charge in [-0.2, -0.15) is 0 Å². The Kier molecular flexibility index (Phi) is 4.04. The molecule has 4 aliphatic rings. The number of benzene rings is 2. The first-order chi connectivity index (χ1) is 12.7. The number of rotatable bonds is 5. The number of nitrogens with two attached hydrogens (primary N) is 1. The van der Waals surface area contributed by atoms with Crippen molar-refractivity contribution in [2.75, 3.05) is 0 Å². The monoisotopic (exact) mass is 346 g/mol. The van der Waals surface area contributed by atoms with Gasteiger partial charge in [0.2, 0.25) is 0 Å². The lowest BCUT2D eigenvalue weighted by atomic mass is 9.48. The Balaban J connectivity index is 1.48. The third-order valence-electron chi connectivity index (χ3n) is 7.04. The maximum absolute atomic E-state index is 6.38. The Morgan fingerprint density at radius 1 is 1.00 bits per heavy atom. The summed E-state index contributed by atoms with van der Waals surface area (Å²) in [7, 11) is 0. The van der Waals surface area contributed by atoms with Gasteiger partial charge in [-0.15, -0.1) is 0 Å². The summed E-state index contributed by atoms with van der Waals surface area (Å²) < 4.78 is 6.38. The standard InChI is InChI=1S/C24H28NO/c25-15-18-6-7-22(23(11-18)26-16-17-4-2-1-3-5-17)24-12-19-8-20(13-24)10-21(9-19)14-24/h1-5,7,11,19-21H,8-10,12-16,25H2. The van der Waals surface area contributed by atoms with Crippen LogP contribution < -0.4 is 10.5 Å². The molecule has 2 nitrogen and oxygen atoms in total. The van der Waals surface area contributed by atoms with Gasteiger partial charge in [-0.1, -0.05) is 30.3 Å². The SMILES string of the molecule is NCc1[c]cc(C23CC4CC(CC(C4)C2)C3)c(OCc2ccccc2)c1. The molecule has 0 heterocycles. The predicted molar refractivity (Wildman–Crippen MR) is 104 cm³/mol. The summed E-state index contributed by atoms with van der Waals surface area (Å²) in [6.07, 6.45) is 8.42. The van der Waals surface area contributed by atoms with Crippen molar-refractivity contribution in [2.45, 2.75) is 57.1 Å². The van der Waals surface area contributed by atoms with Crippen molar-refractivity contribution in [3.05, 3.63) is 65.2 Å². The van der Waals surface area contributed by atoms with Gasteiger partial charge in [0.15, 0.2) is 0 Å². The first-order valence-corrected chi connectivity index (χ1v) is 10.2. The summed E-state index contributed by atoms with van der Waals surface area (Å²) in [6, 6.07) is 18.3. The van der Waals surface area contributed by atoms with Crippen LogP contribution in [0.15, 0.2) is 42.5 Å². The molecule has 4 fully saturated rings. The average Bonchev–Trinajstić information content (AvgIpc) is 2.66. The van der Waals surface area contributed by atoms with E-state index in [2.05, 4.69) is 42.5 Å². The number of hydrogen-bond donors (Lipinski definition) is 1. The fourth-order valence-corrected chi connectivity index (χ4v) is 6.34. The second-order valence-electron chi connectivity index (χ2n) is 8.91. The number of hydrogen-bond acceptors (Lipinski definition) is 2. The van der Waals surface area contributed by atoms with E-state index in [9.17, 15) is 0 Å². The Morgan fingerprint density at radius 2 is 1.65 bits per heavy atom. The highest BCUT2D eigenvalue weighted by molar-refractivity contribution is 5.44. The third kappa shape index (κ3) is 2.85. The Bertz CT molecular complexity index is 747. The lowest BCUT2D eigenvalue weighted by Crippen LogP contribution is -2.48. The maximum atomic E-state index is 6.38. The van der Waals surface area contributed by atoms with Crippen molar-refractivity contribution >= 4 is 0 Å². The van der Waals surface area contributed by atoms with E-state index in [4.69, 9.17) is 10.5 Å². The first kappa shape index (κ1) is 16.4. The van der Waals surface area contributed by atoms with Gasteiger partial charge in [0.25, 0.3) is 0 Å². The van der Waals surface area contributed by atoms with Crippen LogP contribution in [0.25, 0.3) is 0 Å². The zero-order valence-corrected chi connectivity index (χ0v) is 15.4. The second kappa shape index (κ2) is 6.42. The highest BCUT2D eigenvalue weighted by Crippen LogP contribution is 2.61. The molecular formula is C24H28NO. The summed E-state index contributed by atoms with van der Waals surface area (Å²) in [6.45, 7) is 1.14. The van der Waals surface area contributed by atoms with Crippen molar-refractivity contribution in [3.8, 4) is 5.75 Å². The molecule has 4 bridgehead atoms. The Labute approximate surface area is 156 Å². The van der Waals surface area contributed by atoms with Crippen LogP contribution in [-0.2, 0) is 18.6 Å². The minimum atomic E-state index is 0.324. The van der Waals surface area contributed by atoms with Crippen molar-refractivity contribution in [2.24, 2.45) is 23.5 Å². The lowest BCUT2D eigenvalue weighted by molar-refractivity contribution is -0.00649. The van der Waals surface area contributed by atoms with E-state index in [1.807, 2.05) is 6.07 Å². The molecule has 0 unspecified atom stereocenters. The van der Waals surface area contributed by atoms with E-state index in [0.717, 1.165) is 29.1 Å². The molecule has 4 saturated carbocycles. The molecule has 0 saturated heterocycles. The second-order valence-corrected chi connectivity index (χ2v) is 8.91. The van der Waals surface area contributed by atoms with Gasteiger partial charge in [0, 0.05) is 12.1 Å². The molecule has 0 aromatic heterocycles. The summed E-state index contributed by atoms with van der Waals surface area (Å²) in [5.41, 5.74) is 9.88.